The van der Waals surface area contributed by atoms with Crippen molar-refractivity contribution in [1.29, 1.82) is 0 Å². The Hall–Kier alpha value is -1.66. The highest BCUT2D eigenvalue weighted by Gasteiger charge is 2.29. The first kappa shape index (κ1) is 14.3. The minimum Gasteiger partial charge on any atom is -0.397 e. The summed E-state index contributed by atoms with van der Waals surface area (Å²) in [5.74, 6) is 0.442. The fourth-order valence-corrected chi connectivity index (χ4v) is 4.23. The zero-order valence-electron chi connectivity index (χ0n) is 12.3. The summed E-state index contributed by atoms with van der Waals surface area (Å²) in [4.78, 5) is 19.6. The molecule has 0 aromatic carbocycles. The third kappa shape index (κ3) is 2.38. The highest BCUT2D eigenvalue weighted by molar-refractivity contribution is 7.21. The van der Waals surface area contributed by atoms with Crippen LogP contribution in [0.1, 0.15) is 27.5 Å². The number of aromatic nitrogens is 1. The maximum Gasteiger partial charge on any atom is 0.266 e. The molecule has 4 N–H and O–H groups in total. The van der Waals surface area contributed by atoms with Crippen molar-refractivity contribution in [2.24, 2.45) is 11.7 Å². The van der Waals surface area contributed by atoms with E-state index in [1.807, 2.05) is 24.8 Å². The molecule has 1 aliphatic rings. The van der Waals surface area contributed by atoms with Gasteiger partial charge in [0.05, 0.1) is 5.69 Å². The van der Waals surface area contributed by atoms with Gasteiger partial charge in [0, 0.05) is 34.6 Å². The second-order valence-corrected chi connectivity index (χ2v) is 6.76. The summed E-state index contributed by atoms with van der Waals surface area (Å²) in [5.41, 5.74) is 14.3. The van der Waals surface area contributed by atoms with Crippen LogP contribution in [-0.2, 0) is 0 Å². The number of amides is 1. The van der Waals surface area contributed by atoms with Crippen molar-refractivity contribution >= 4 is 33.0 Å². The summed E-state index contributed by atoms with van der Waals surface area (Å²) >= 11 is 1.47. The first-order valence-corrected chi connectivity index (χ1v) is 7.98. The summed E-state index contributed by atoms with van der Waals surface area (Å²) < 4.78 is 1.04. The van der Waals surface area contributed by atoms with Crippen LogP contribution in [0.5, 0.6) is 0 Å². The van der Waals surface area contributed by atoms with Crippen LogP contribution in [0.3, 0.4) is 0 Å². The van der Waals surface area contributed by atoms with Gasteiger partial charge >= 0.3 is 0 Å². The van der Waals surface area contributed by atoms with E-state index in [4.69, 9.17) is 11.5 Å². The number of carbonyl (C=O) groups excluding carboxylic acids is 1. The van der Waals surface area contributed by atoms with Gasteiger partial charge < -0.3 is 16.4 Å². The van der Waals surface area contributed by atoms with Gasteiger partial charge in [0.15, 0.2) is 0 Å². The molecule has 2 aromatic rings. The minimum atomic E-state index is 0.0294. The molecule has 5 nitrogen and oxygen atoms in total. The summed E-state index contributed by atoms with van der Waals surface area (Å²) in [6, 6.07) is 1.99. The number of aryl methyl sites for hydroxylation is 2. The van der Waals surface area contributed by atoms with Crippen molar-refractivity contribution in [2.75, 3.05) is 25.4 Å². The molecule has 1 aliphatic heterocycles. The molecule has 3 rings (SSSR count). The van der Waals surface area contributed by atoms with Crippen LogP contribution in [-0.4, -0.2) is 35.4 Å². The van der Waals surface area contributed by atoms with Crippen LogP contribution in [0.2, 0.25) is 0 Å². The molecule has 3 heterocycles. The Kier molecular flexibility index (Phi) is 3.59. The summed E-state index contributed by atoms with van der Waals surface area (Å²) in [7, 11) is 0. The molecular weight excluding hydrogens is 284 g/mol. The predicted octanol–water partition coefficient (Wildman–Crippen LogP) is 1.92. The zero-order valence-corrected chi connectivity index (χ0v) is 13.2. The van der Waals surface area contributed by atoms with E-state index in [0.717, 1.165) is 41.0 Å². The molecular formula is C15H20N4OS. The molecule has 0 spiro atoms. The Morgan fingerprint density at radius 1 is 1.52 bits per heavy atom. The summed E-state index contributed by atoms with van der Waals surface area (Å²) in [5, 5.41) is 0.920. The topological polar surface area (TPSA) is 85.2 Å². The van der Waals surface area contributed by atoms with E-state index in [-0.39, 0.29) is 5.91 Å². The van der Waals surface area contributed by atoms with Gasteiger partial charge in [0.25, 0.3) is 5.91 Å². The van der Waals surface area contributed by atoms with Gasteiger partial charge in [0.2, 0.25) is 0 Å². The lowest BCUT2D eigenvalue weighted by molar-refractivity contribution is 0.0793. The number of nitrogen functional groups attached to an aromatic ring is 1. The molecule has 0 aliphatic carbocycles. The molecule has 1 fully saturated rings. The molecule has 0 saturated carbocycles. The number of pyridine rings is 1. The molecule has 1 amide bonds. The first-order valence-electron chi connectivity index (χ1n) is 7.16. The van der Waals surface area contributed by atoms with Crippen molar-refractivity contribution in [1.82, 2.24) is 9.88 Å². The zero-order chi connectivity index (χ0) is 15.1. The third-order valence-electron chi connectivity index (χ3n) is 4.12. The fourth-order valence-electron chi connectivity index (χ4n) is 2.99. The second-order valence-electron chi connectivity index (χ2n) is 5.71. The highest BCUT2D eigenvalue weighted by Crippen LogP contribution is 2.36. The lowest BCUT2D eigenvalue weighted by atomic mass is 10.1. The molecule has 1 unspecified atom stereocenters. The van der Waals surface area contributed by atoms with Crippen LogP contribution in [0.4, 0.5) is 5.69 Å². The smallest absolute Gasteiger partial charge is 0.266 e. The standard InChI is InChI=1S/C15H20N4OS/c1-8-5-11-12(9(2)18-8)13(17)14(21-11)15(20)19-4-3-10(6-16)7-19/h5,10H,3-4,6-7,16-17H2,1-2H3. The number of anilines is 1. The summed E-state index contributed by atoms with van der Waals surface area (Å²) in [6.45, 7) is 6.03. The Morgan fingerprint density at radius 3 is 2.95 bits per heavy atom. The Morgan fingerprint density at radius 2 is 2.29 bits per heavy atom. The van der Waals surface area contributed by atoms with Crippen molar-refractivity contribution in [3.8, 4) is 0 Å². The predicted molar refractivity (Wildman–Crippen MR) is 86.6 cm³/mol. The van der Waals surface area contributed by atoms with E-state index in [0.29, 0.717) is 23.0 Å². The average Bonchev–Trinajstić information content (AvgIpc) is 3.02. The van der Waals surface area contributed by atoms with Crippen LogP contribution in [0, 0.1) is 19.8 Å². The number of hydrogen-bond donors (Lipinski definition) is 2. The average molecular weight is 304 g/mol. The largest absolute Gasteiger partial charge is 0.397 e. The Labute approximate surface area is 127 Å². The van der Waals surface area contributed by atoms with Crippen LogP contribution in [0.25, 0.3) is 10.1 Å². The highest BCUT2D eigenvalue weighted by atomic mass is 32.1. The van der Waals surface area contributed by atoms with E-state index in [1.165, 1.54) is 11.3 Å². The third-order valence-corrected chi connectivity index (χ3v) is 5.26. The van der Waals surface area contributed by atoms with Crippen molar-refractivity contribution in [3.63, 3.8) is 0 Å². The van der Waals surface area contributed by atoms with Gasteiger partial charge in [-0.25, -0.2) is 0 Å². The molecule has 0 radical (unpaired) electrons. The maximum atomic E-state index is 12.7. The van der Waals surface area contributed by atoms with Crippen molar-refractivity contribution < 1.29 is 4.79 Å². The van der Waals surface area contributed by atoms with E-state index < -0.39 is 0 Å². The van der Waals surface area contributed by atoms with Crippen molar-refractivity contribution in [3.05, 3.63) is 22.3 Å². The van der Waals surface area contributed by atoms with E-state index in [9.17, 15) is 4.79 Å². The SMILES string of the molecule is Cc1cc2sc(C(=O)N3CCC(CN)C3)c(N)c2c(C)n1. The maximum absolute atomic E-state index is 12.7. The first-order chi connectivity index (χ1) is 10.0. The quantitative estimate of drug-likeness (QED) is 0.887. The molecule has 112 valence electrons. The van der Waals surface area contributed by atoms with Gasteiger partial charge in [-0.3, -0.25) is 9.78 Å². The monoisotopic (exact) mass is 304 g/mol. The number of fused-ring (bicyclic) bond motifs is 1. The minimum absolute atomic E-state index is 0.0294. The second kappa shape index (κ2) is 5.27. The number of rotatable bonds is 2. The summed E-state index contributed by atoms with van der Waals surface area (Å²) in [6.07, 6.45) is 0.979. The lowest BCUT2D eigenvalue weighted by Gasteiger charge is -2.15. The number of nitrogens with zero attached hydrogens (tertiary/aromatic N) is 2. The number of likely N-dealkylation sites (tertiary alicyclic amines) is 1. The molecule has 6 heteroatoms. The fraction of sp³-hybridized carbons (Fsp3) is 0.467. The van der Waals surface area contributed by atoms with E-state index >= 15 is 0 Å². The Bertz CT molecular complexity index is 709. The van der Waals surface area contributed by atoms with Crippen LogP contribution < -0.4 is 11.5 Å². The lowest BCUT2D eigenvalue weighted by Crippen LogP contribution is -2.29. The van der Waals surface area contributed by atoms with Gasteiger partial charge in [-0.2, -0.15) is 0 Å². The van der Waals surface area contributed by atoms with E-state index in [2.05, 4.69) is 4.98 Å². The number of thiophene rings is 1. The van der Waals surface area contributed by atoms with Gasteiger partial charge in [-0.05, 0) is 38.8 Å². The number of nitrogens with two attached hydrogens (primary N) is 2. The van der Waals surface area contributed by atoms with Crippen LogP contribution in [0.15, 0.2) is 6.07 Å². The Balaban J connectivity index is 1.99. The van der Waals surface area contributed by atoms with Crippen molar-refractivity contribution in [2.45, 2.75) is 20.3 Å². The molecule has 2 aromatic heterocycles. The van der Waals surface area contributed by atoms with Gasteiger partial charge in [0.1, 0.15) is 4.88 Å². The molecule has 0 bridgehead atoms. The number of carbonyl (C=O) groups is 1. The molecule has 21 heavy (non-hydrogen) atoms. The molecule has 1 atom stereocenters. The van der Waals surface area contributed by atoms with Crippen LogP contribution >= 0.6 is 11.3 Å². The van der Waals surface area contributed by atoms with E-state index in [1.54, 1.807) is 0 Å². The number of hydrogen-bond acceptors (Lipinski definition) is 5. The van der Waals surface area contributed by atoms with Gasteiger partial charge in [-0.15, -0.1) is 11.3 Å². The molecule has 1 saturated heterocycles. The normalized spacial score (nSPS) is 18.6. The van der Waals surface area contributed by atoms with Gasteiger partial charge in [-0.1, -0.05) is 0 Å².